The van der Waals surface area contributed by atoms with Gasteiger partial charge in [-0.15, -0.1) is 0 Å². The third kappa shape index (κ3) is 1.70. The number of hydrogen-bond donors (Lipinski definition) is 1. The molecule has 0 aromatic rings. The molecule has 1 rings (SSSR count). The van der Waals surface area contributed by atoms with Gasteiger partial charge in [0.15, 0.2) is 0 Å². The predicted octanol–water partition coefficient (Wildman–Crippen LogP) is 0.872. The monoisotopic (exact) mass is 185 g/mol. The number of rotatable bonds is 1. The molecule has 0 unspecified atom stereocenters. The molecule has 13 heavy (non-hydrogen) atoms. The minimum absolute atomic E-state index is 0.0781. The van der Waals surface area contributed by atoms with Gasteiger partial charge in [0.25, 0.3) is 0 Å². The zero-order valence-corrected chi connectivity index (χ0v) is 8.87. The Kier molecular flexibility index (Phi) is 2.66. The van der Waals surface area contributed by atoms with Crippen LogP contribution in [-0.2, 0) is 4.79 Å². The summed E-state index contributed by atoms with van der Waals surface area (Å²) in [6.45, 7) is 9.18. The molecule has 0 aliphatic carbocycles. The summed E-state index contributed by atoms with van der Waals surface area (Å²) in [5.74, 6) is -0.182. The summed E-state index contributed by atoms with van der Waals surface area (Å²) >= 11 is 0. The number of piperidine rings is 1. The average molecular weight is 185 g/mol. The molecule has 1 aliphatic heterocycles. The first-order valence-corrected chi connectivity index (χ1v) is 4.87. The molecule has 0 saturated carbocycles. The fourth-order valence-corrected chi connectivity index (χ4v) is 2.03. The van der Waals surface area contributed by atoms with Crippen molar-refractivity contribution in [3.05, 3.63) is 0 Å². The molecule has 0 radical (unpaired) electrons. The van der Waals surface area contributed by atoms with Crippen molar-refractivity contribution in [2.75, 3.05) is 13.1 Å². The van der Waals surface area contributed by atoms with Crippen LogP contribution in [0.4, 0.5) is 0 Å². The van der Waals surface area contributed by atoms with Gasteiger partial charge < -0.3 is 10.0 Å². The molecule has 1 aliphatic rings. The van der Waals surface area contributed by atoms with E-state index in [0.717, 1.165) is 6.54 Å². The number of nitrogens with zero attached hydrogens (tertiary/aromatic N) is 1. The highest BCUT2D eigenvalue weighted by Gasteiger charge is 2.43. The van der Waals surface area contributed by atoms with Crippen LogP contribution in [0, 0.1) is 11.3 Å². The van der Waals surface area contributed by atoms with Gasteiger partial charge in [0.1, 0.15) is 0 Å². The molecule has 76 valence electrons. The Labute approximate surface area is 79.7 Å². The summed E-state index contributed by atoms with van der Waals surface area (Å²) < 4.78 is 0. The van der Waals surface area contributed by atoms with E-state index >= 15 is 0 Å². The molecule has 1 N–H and O–H groups in total. The van der Waals surface area contributed by atoms with Crippen molar-refractivity contribution in [3.63, 3.8) is 0 Å². The van der Waals surface area contributed by atoms with Crippen molar-refractivity contribution < 1.29 is 9.90 Å². The van der Waals surface area contributed by atoms with Crippen LogP contribution in [0.15, 0.2) is 0 Å². The molecule has 1 amide bonds. The Morgan fingerprint density at radius 3 is 2.62 bits per heavy atom. The van der Waals surface area contributed by atoms with Gasteiger partial charge >= 0.3 is 0 Å². The predicted molar refractivity (Wildman–Crippen MR) is 51.2 cm³/mol. The number of aliphatic hydroxyl groups is 1. The zero-order chi connectivity index (χ0) is 10.2. The van der Waals surface area contributed by atoms with Gasteiger partial charge in [0, 0.05) is 18.5 Å². The first kappa shape index (κ1) is 10.5. The zero-order valence-electron chi connectivity index (χ0n) is 8.87. The van der Waals surface area contributed by atoms with Gasteiger partial charge in [0.2, 0.25) is 5.91 Å². The van der Waals surface area contributed by atoms with E-state index in [1.165, 1.54) is 0 Å². The van der Waals surface area contributed by atoms with Crippen LogP contribution in [-0.4, -0.2) is 35.1 Å². The number of carbonyl (C=O) groups is 1. The summed E-state index contributed by atoms with van der Waals surface area (Å²) in [6.07, 6.45) is -0.511. The molecule has 0 aromatic heterocycles. The second kappa shape index (κ2) is 3.29. The lowest BCUT2D eigenvalue weighted by atomic mass is 9.76. The van der Waals surface area contributed by atoms with Crippen LogP contribution < -0.4 is 0 Å². The molecule has 1 heterocycles. The Bertz CT molecular complexity index is 209. The number of hydrogen-bond acceptors (Lipinski definition) is 2. The van der Waals surface area contributed by atoms with E-state index in [0.29, 0.717) is 6.54 Å². The van der Waals surface area contributed by atoms with Crippen molar-refractivity contribution in [1.29, 1.82) is 0 Å². The second-order valence-corrected chi connectivity index (χ2v) is 4.57. The average Bonchev–Trinajstić information content (AvgIpc) is 2.08. The van der Waals surface area contributed by atoms with Crippen LogP contribution >= 0.6 is 0 Å². The Balaban J connectivity index is 2.85. The van der Waals surface area contributed by atoms with Crippen LogP contribution in [0.1, 0.15) is 27.7 Å². The van der Waals surface area contributed by atoms with Crippen LogP contribution in [0.3, 0.4) is 0 Å². The highest BCUT2D eigenvalue weighted by atomic mass is 16.3. The fraction of sp³-hybridized carbons (Fsp3) is 0.900. The fourth-order valence-electron chi connectivity index (χ4n) is 2.03. The van der Waals surface area contributed by atoms with E-state index in [1.54, 1.807) is 6.92 Å². The minimum Gasteiger partial charge on any atom is -0.392 e. The van der Waals surface area contributed by atoms with Gasteiger partial charge in [-0.25, -0.2) is 0 Å². The van der Waals surface area contributed by atoms with Crippen LogP contribution in [0.2, 0.25) is 0 Å². The maximum atomic E-state index is 11.6. The minimum atomic E-state index is -0.511. The van der Waals surface area contributed by atoms with Crippen LogP contribution in [0.25, 0.3) is 0 Å². The summed E-state index contributed by atoms with van der Waals surface area (Å²) in [5.41, 5.74) is -0.177. The van der Waals surface area contributed by atoms with E-state index in [-0.39, 0.29) is 17.2 Å². The molecule has 2 atom stereocenters. The molecule has 3 nitrogen and oxygen atoms in total. The van der Waals surface area contributed by atoms with E-state index in [4.69, 9.17) is 0 Å². The highest BCUT2D eigenvalue weighted by Crippen LogP contribution is 2.32. The lowest BCUT2D eigenvalue weighted by Crippen LogP contribution is -2.56. The SMILES string of the molecule is CCN1CC(C)(C)[C@H](O)[C@@H](C)C1=O. The Morgan fingerprint density at radius 1 is 1.62 bits per heavy atom. The van der Waals surface area contributed by atoms with Gasteiger partial charge in [-0.05, 0) is 6.92 Å². The standard InChI is InChI=1S/C10H19NO2/c1-5-11-6-10(3,4)8(12)7(2)9(11)13/h7-8,12H,5-6H2,1-4H3/t7-,8-/m1/s1. The van der Waals surface area contributed by atoms with Crippen molar-refractivity contribution in [1.82, 2.24) is 4.90 Å². The first-order valence-electron chi connectivity index (χ1n) is 4.87. The second-order valence-electron chi connectivity index (χ2n) is 4.57. The largest absolute Gasteiger partial charge is 0.392 e. The van der Waals surface area contributed by atoms with E-state index in [2.05, 4.69) is 0 Å². The van der Waals surface area contributed by atoms with Gasteiger partial charge in [-0.2, -0.15) is 0 Å². The lowest BCUT2D eigenvalue weighted by Gasteiger charge is -2.44. The number of carbonyl (C=O) groups excluding carboxylic acids is 1. The van der Waals surface area contributed by atoms with E-state index in [9.17, 15) is 9.90 Å². The molecule has 1 saturated heterocycles. The molecule has 1 fully saturated rings. The molecule has 3 heteroatoms. The van der Waals surface area contributed by atoms with Gasteiger partial charge in [-0.3, -0.25) is 4.79 Å². The Morgan fingerprint density at radius 2 is 2.15 bits per heavy atom. The molecule has 0 bridgehead atoms. The highest BCUT2D eigenvalue weighted by molar-refractivity contribution is 5.80. The number of likely N-dealkylation sites (tertiary alicyclic amines) is 1. The Hall–Kier alpha value is -0.570. The maximum absolute atomic E-state index is 11.6. The number of aliphatic hydroxyl groups excluding tert-OH is 1. The first-order chi connectivity index (χ1) is 5.90. The maximum Gasteiger partial charge on any atom is 0.228 e. The van der Waals surface area contributed by atoms with Gasteiger partial charge in [-0.1, -0.05) is 20.8 Å². The summed E-state index contributed by atoms with van der Waals surface area (Å²) in [6, 6.07) is 0. The van der Waals surface area contributed by atoms with E-state index < -0.39 is 6.10 Å². The molecular formula is C10H19NO2. The quantitative estimate of drug-likeness (QED) is 0.658. The van der Waals surface area contributed by atoms with Crippen molar-refractivity contribution in [2.24, 2.45) is 11.3 Å². The van der Waals surface area contributed by atoms with Crippen molar-refractivity contribution >= 4 is 5.91 Å². The molecule has 0 aromatic carbocycles. The number of amides is 1. The molecule has 0 spiro atoms. The lowest BCUT2D eigenvalue weighted by molar-refractivity contribution is -0.153. The third-order valence-corrected chi connectivity index (χ3v) is 2.96. The topological polar surface area (TPSA) is 40.5 Å². The summed E-state index contributed by atoms with van der Waals surface area (Å²) in [5, 5.41) is 9.84. The normalized spacial score (nSPS) is 33.6. The summed E-state index contributed by atoms with van der Waals surface area (Å²) in [4.78, 5) is 13.4. The van der Waals surface area contributed by atoms with Crippen LogP contribution in [0.5, 0.6) is 0 Å². The van der Waals surface area contributed by atoms with Crippen molar-refractivity contribution in [3.8, 4) is 0 Å². The molecular weight excluding hydrogens is 166 g/mol. The van der Waals surface area contributed by atoms with E-state index in [1.807, 2.05) is 25.7 Å². The summed E-state index contributed by atoms with van der Waals surface area (Å²) in [7, 11) is 0. The van der Waals surface area contributed by atoms with Crippen molar-refractivity contribution in [2.45, 2.75) is 33.8 Å². The smallest absolute Gasteiger partial charge is 0.228 e. The third-order valence-electron chi connectivity index (χ3n) is 2.96. The van der Waals surface area contributed by atoms with Gasteiger partial charge in [0.05, 0.1) is 12.0 Å².